The van der Waals surface area contributed by atoms with Gasteiger partial charge in [-0.25, -0.2) is 4.99 Å². The minimum Gasteiger partial charge on any atom is -0.390 e. The quantitative estimate of drug-likeness (QED) is 0.133. The molecule has 0 radical (unpaired) electrons. The largest absolute Gasteiger partial charge is 0.390 e. The van der Waals surface area contributed by atoms with Crippen LogP contribution in [-0.4, -0.2) is 102 Å². The normalized spacial score (nSPS) is 18.8. The molecule has 3 heterocycles. The molecule has 12 heteroatoms. The maximum atomic E-state index is 13.3. The summed E-state index contributed by atoms with van der Waals surface area (Å²) in [5, 5.41) is 20.6. The van der Waals surface area contributed by atoms with E-state index in [9.17, 15) is 14.7 Å². The van der Waals surface area contributed by atoms with E-state index in [1.807, 2.05) is 29.2 Å². The predicted octanol–water partition coefficient (Wildman–Crippen LogP) is 2.09. The molecule has 12 nitrogen and oxygen atoms in total. The number of aliphatic hydroxyl groups excluding tert-OH is 1. The molecule has 0 spiro atoms. The number of β-amino-alcohol motifs (C(OH)–C–C–N with tert-alkyl or cyclic N) is 1. The van der Waals surface area contributed by atoms with Crippen molar-refractivity contribution in [3.8, 4) is 0 Å². The van der Waals surface area contributed by atoms with Gasteiger partial charge in [-0.3, -0.25) is 24.5 Å². The number of amidine groups is 1. The molecule has 5 rings (SSSR count). The van der Waals surface area contributed by atoms with Crippen molar-refractivity contribution in [3.63, 3.8) is 0 Å². The monoisotopic (exact) mass is 628 g/mol. The maximum Gasteiger partial charge on any atom is 0.271 e. The number of rotatable bonds is 13. The van der Waals surface area contributed by atoms with Crippen LogP contribution in [0.1, 0.15) is 42.5 Å². The molecule has 0 bridgehead atoms. The third kappa shape index (κ3) is 9.30. The van der Waals surface area contributed by atoms with Gasteiger partial charge in [0.05, 0.1) is 17.8 Å². The molecule has 1 aromatic carbocycles. The number of fused-ring (bicyclic) bond motifs is 1. The highest BCUT2D eigenvalue weighted by Gasteiger charge is 2.36. The molecule has 3 N–H and O–H groups in total. The van der Waals surface area contributed by atoms with E-state index in [0.29, 0.717) is 44.0 Å². The fraction of sp³-hybridized carbons (Fsp3) is 0.471. The van der Waals surface area contributed by atoms with Crippen LogP contribution in [0.5, 0.6) is 0 Å². The molecule has 2 fully saturated rings. The molecule has 3 aliphatic rings. The van der Waals surface area contributed by atoms with Gasteiger partial charge < -0.3 is 25.5 Å². The van der Waals surface area contributed by atoms with E-state index in [4.69, 9.17) is 9.83 Å². The first-order valence-corrected chi connectivity index (χ1v) is 16.0. The van der Waals surface area contributed by atoms with Crippen LogP contribution in [0.2, 0.25) is 0 Å². The van der Waals surface area contributed by atoms with Crippen molar-refractivity contribution in [1.82, 2.24) is 25.4 Å². The number of carbonyl (C=O) groups is 2. The summed E-state index contributed by atoms with van der Waals surface area (Å²) in [4.78, 5) is 48.7. The highest BCUT2D eigenvalue weighted by atomic mass is 16.6. The number of aliphatic hydroxyl groups is 1. The van der Waals surface area contributed by atoms with Gasteiger partial charge in [0.25, 0.3) is 11.8 Å². The second-order valence-corrected chi connectivity index (χ2v) is 11.9. The number of carbonyl (C=O) groups excluding carboxylic acids is 2. The minimum atomic E-state index is -0.705. The van der Waals surface area contributed by atoms with E-state index < -0.39 is 6.10 Å². The number of benzene rings is 1. The molecule has 1 saturated carbocycles. The van der Waals surface area contributed by atoms with Crippen LogP contribution >= 0.6 is 0 Å². The molecule has 244 valence electrons. The second kappa shape index (κ2) is 16.2. The van der Waals surface area contributed by atoms with E-state index >= 15 is 0 Å². The number of pyridine rings is 1. The Balaban J connectivity index is 1.09. The van der Waals surface area contributed by atoms with Crippen LogP contribution in [0, 0.1) is 5.92 Å². The van der Waals surface area contributed by atoms with E-state index in [0.717, 1.165) is 38.0 Å². The average Bonchev–Trinajstić information content (AvgIpc) is 3.93. The highest BCUT2D eigenvalue weighted by molar-refractivity contribution is 6.40. The first-order valence-electron chi connectivity index (χ1n) is 16.0. The van der Waals surface area contributed by atoms with Gasteiger partial charge in [0.1, 0.15) is 17.2 Å². The first-order chi connectivity index (χ1) is 22.4. The van der Waals surface area contributed by atoms with E-state index in [-0.39, 0.29) is 42.6 Å². The van der Waals surface area contributed by atoms with E-state index in [1.54, 1.807) is 19.3 Å². The maximum absolute atomic E-state index is 13.3. The molecule has 2 aliphatic heterocycles. The number of piperidine rings is 1. The summed E-state index contributed by atoms with van der Waals surface area (Å²) in [5.74, 6) is 0.0249. The van der Waals surface area contributed by atoms with Gasteiger partial charge in [-0.15, -0.1) is 0 Å². The van der Waals surface area contributed by atoms with Gasteiger partial charge in [0, 0.05) is 64.5 Å². The topological polar surface area (TPSA) is 144 Å². The summed E-state index contributed by atoms with van der Waals surface area (Å²) >= 11 is 0. The van der Waals surface area contributed by atoms with Crippen molar-refractivity contribution in [2.75, 3.05) is 39.8 Å². The highest BCUT2D eigenvalue weighted by Crippen LogP contribution is 2.32. The standard InChI is InChI=1S/C34H44N8O4/c1-35-30(33(44)38-20-29(43)22-41-16-12-24-7-3-4-8-26(24)21-41)19-31(36-2)39-27-13-17-42(18-14-27)34(45)32(25-10-11-25)40-46-23-28-9-5-6-15-37-28/h3-9,15,19,25,27,29,35,43H,2,10-14,16-18,20-23H2,1H3,(H,38,44)/t29-/m0/s1. The predicted molar refractivity (Wildman–Crippen MR) is 177 cm³/mol. The Morgan fingerprint density at radius 3 is 2.57 bits per heavy atom. The van der Waals surface area contributed by atoms with Gasteiger partial charge in [-0.2, -0.15) is 0 Å². The Labute approximate surface area is 270 Å². The summed E-state index contributed by atoms with van der Waals surface area (Å²) in [6.07, 6.45) is 6.68. The minimum absolute atomic E-state index is 0.0693. The van der Waals surface area contributed by atoms with Gasteiger partial charge in [0.15, 0.2) is 6.61 Å². The van der Waals surface area contributed by atoms with Crippen molar-refractivity contribution in [2.24, 2.45) is 21.1 Å². The molecule has 2 aromatic rings. The molecule has 0 unspecified atom stereocenters. The molecular formula is C34H44N8O4. The lowest BCUT2D eigenvalue weighted by atomic mass is 10.00. The van der Waals surface area contributed by atoms with Crippen LogP contribution < -0.4 is 10.6 Å². The number of aliphatic imine (C=N–C) groups is 2. The van der Waals surface area contributed by atoms with Crippen molar-refractivity contribution >= 4 is 30.1 Å². The van der Waals surface area contributed by atoms with Crippen molar-refractivity contribution in [2.45, 2.75) is 57.4 Å². The molecule has 2 amide bonds. The number of likely N-dealkylation sites (N-methyl/N-ethyl adjacent to an activating group) is 1. The number of hydrogen-bond donors (Lipinski definition) is 3. The van der Waals surface area contributed by atoms with Crippen LogP contribution in [-0.2, 0) is 34.0 Å². The number of likely N-dealkylation sites (tertiary alicyclic amines) is 1. The van der Waals surface area contributed by atoms with Crippen molar-refractivity contribution in [1.29, 1.82) is 0 Å². The van der Waals surface area contributed by atoms with Crippen LogP contribution in [0.3, 0.4) is 0 Å². The van der Waals surface area contributed by atoms with Gasteiger partial charge in [0.2, 0.25) is 0 Å². The number of nitrogens with zero attached hydrogens (tertiary/aromatic N) is 6. The fourth-order valence-electron chi connectivity index (χ4n) is 5.73. The first kappa shape index (κ1) is 33.0. The molecule has 46 heavy (non-hydrogen) atoms. The van der Waals surface area contributed by atoms with Crippen molar-refractivity contribution < 1.29 is 19.5 Å². The fourth-order valence-corrected chi connectivity index (χ4v) is 5.73. The third-order valence-electron chi connectivity index (χ3n) is 8.48. The smallest absolute Gasteiger partial charge is 0.271 e. The van der Waals surface area contributed by atoms with Crippen LogP contribution in [0.4, 0.5) is 0 Å². The average molecular weight is 629 g/mol. The number of amides is 2. The number of nitrogens with one attached hydrogen (secondary N) is 2. The zero-order valence-electron chi connectivity index (χ0n) is 26.5. The lowest BCUT2D eigenvalue weighted by Gasteiger charge is -2.30. The lowest BCUT2D eigenvalue weighted by molar-refractivity contribution is -0.125. The van der Waals surface area contributed by atoms with Gasteiger partial charge in [-0.1, -0.05) is 35.5 Å². The van der Waals surface area contributed by atoms with Gasteiger partial charge in [-0.05, 0) is 62.1 Å². The third-order valence-corrected chi connectivity index (χ3v) is 8.48. The Morgan fingerprint density at radius 2 is 1.87 bits per heavy atom. The zero-order chi connectivity index (χ0) is 32.3. The number of hydrogen-bond acceptors (Lipinski definition) is 9. The Kier molecular flexibility index (Phi) is 11.6. The Morgan fingerprint density at radius 1 is 1.11 bits per heavy atom. The zero-order valence-corrected chi connectivity index (χ0v) is 26.5. The Hall–Kier alpha value is -4.42. The van der Waals surface area contributed by atoms with Crippen LogP contribution in [0.25, 0.3) is 0 Å². The lowest BCUT2D eigenvalue weighted by Crippen LogP contribution is -2.44. The summed E-state index contributed by atoms with van der Waals surface area (Å²) < 4.78 is 0. The van der Waals surface area contributed by atoms with Gasteiger partial charge >= 0.3 is 0 Å². The van der Waals surface area contributed by atoms with Crippen LogP contribution in [0.15, 0.2) is 75.6 Å². The summed E-state index contributed by atoms with van der Waals surface area (Å²) in [5.41, 5.74) is 4.14. The number of aromatic nitrogens is 1. The van der Waals surface area contributed by atoms with E-state index in [1.165, 1.54) is 11.1 Å². The number of oxime groups is 1. The molecule has 1 atom stereocenters. The molecule has 1 saturated heterocycles. The SMILES string of the molecule is C=NC(C=C(NC)C(=O)NC[C@H](O)CN1CCc2ccccc2C1)=NC1CCN(C(=O)C(=NOCc2ccccn2)C2CC2)CC1. The molecule has 1 aromatic heterocycles. The second-order valence-electron chi connectivity index (χ2n) is 11.9. The summed E-state index contributed by atoms with van der Waals surface area (Å²) in [7, 11) is 1.65. The van der Waals surface area contributed by atoms with E-state index in [2.05, 4.69) is 55.6 Å². The Bertz CT molecular complexity index is 1450. The summed E-state index contributed by atoms with van der Waals surface area (Å²) in [6.45, 7) is 7.18. The summed E-state index contributed by atoms with van der Waals surface area (Å²) in [6, 6.07) is 13.9. The van der Waals surface area contributed by atoms with Crippen molar-refractivity contribution in [3.05, 3.63) is 77.3 Å². The molecule has 1 aliphatic carbocycles. The molecular weight excluding hydrogens is 584 g/mol.